The summed E-state index contributed by atoms with van der Waals surface area (Å²) in [4.78, 5) is 0. The van der Waals surface area contributed by atoms with E-state index in [-0.39, 0.29) is 4.47 Å². The Kier molecular flexibility index (Phi) is 2.79. The van der Waals surface area contributed by atoms with Gasteiger partial charge < -0.3 is 15.6 Å². The van der Waals surface area contributed by atoms with Crippen molar-refractivity contribution in [3.05, 3.63) is 16.6 Å². The summed E-state index contributed by atoms with van der Waals surface area (Å²) in [6, 6.07) is 2.21. The summed E-state index contributed by atoms with van der Waals surface area (Å²) in [6.07, 6.45) is -4.83. The molecule has 3 N–H and O–H groups in total. The molecule has 0 spiro atoms. The maximum absolute atomic E-state index is 11.8. The van der Waals surface area contributed by atoms with E-state index >= 15 is 0 Å². The number of phenols is 1. The molecule has 0 saturated heterocycles. The van der Waals surface area contributed by atoms with E-state index in [4.69, 9.17) is 10.8 Å². The largest absolute Gasteiger partial charge is 0.573 e. The molecule has 7 heteroatoms. The van der Waals surface area contributed by atoms with Crippen molar-refractivity contribution in [2.45, 2.75) is 6.36 Å². The number of aromatic hydroxyl groups is 1. The maximum Gasteiger partial charge on any atom is 0.573 e. The molecule has 0 bridgehead atoms. The summed E-state index contributed by atoms with van der Waals surface area (Å²) in [5.74, 6) is -1.11. The minimum absolute atomic E-state index is 0.199. The van der Waals surface area contributed by atoms with Crippen LogP contribution in [0.3, 0.4) is 0 Å². The quantitative estimate of drug-likeness (QED) is 0.610. The van der Waals surface area contributed by atoms with Crippen LogP contribution in [0.2, 0.25) is 0 Å². The van der Waals surface area contributed by atoms with Crippen LogP contribution in [0.5, 0.6) is 11.5 Å². The zero-order valence-corrected chi connectivity index (χ0v) is 8.19. The van der Waals surface area contributed by atoms with Crippen LogP contribution in [0.25, 0.3) is 0 Å². The Hall–Kier alpha value is -1.11. The van der Waals surface area contributed by atoms with E-state index in [1.54, 1.807) is 0 Å². The van der Waals surface area contributed by atoms with Gasteiger partial charge in [-0.05, 0) is 28.1 Å². The Balaban J connectivity index is 3.06. The predicted octanol–water partition coefficient (Wildman–Crippen LogP) is 2.64. The van der Waals surface area contributed by atoms with Crippen molar-refractivity contribution >= 4 is 21.6 Å². The molecule has 1 aromatic rings. The Morgan fingerprint density at radius 1 is 1.36 bits per heavy atom. The molecule has 1 rings (SSSR count). The molecular formula is C7H5BrF3NO2. The summed E-state index contributed by atoms with van der Waals surface area (Å²) in [5, 5.41) is 9.16. The number of nitrogens with two attached hydrogens (primary N) is 1. The third kappa shape index (κ3) is 2.44. The molecule has 0 aliphatic heterocycles. The number of nitrogen functional groups attached to an aromatic ring is 1. The topological polar surface area (TPSA) is 55.5 Å². The van der Waals surface area contributed by atoms with Crippen LogP contribution in [0, 0.1) is 0 Å². The average molecular weight is 272 g/mol. The van der Waals surface area contributed by atoms with Crippen LogP contribution < -0.4 is 10.5 Å². The smallest absolute Gasteiger partial charge is 0.505 e. The normalized spacial score (nSPS) is 11.4. The molecule has 1 aromatic carbocycles. The zero-order chi connectivity index (χ0) is 10.9. The molecule has 0 saturated carbocycles. The van der Waals surface area contributed by atoms with E-state index in [1.165, 1.54) is 6.07 Å². The van der Waals surface area contributed by atoms with Crippen LogP contribution in [0.15, 0.2) is 16.6 Å². The second kappa shape index (κ2) is 3.56. The molecule has 0 aliphatic carbocycles. The van der Waals surface area contributed by atoms with Gasteiger partial charge in [-0.1, -0.05) is 0 Å². The van der Waals surface area contributed by atoms with Gasteiger partial charge in [-0.15, -0.1) is 13.2 Å². The van der Waals surface area contributed by atoms with Crippen molar-refractivity contribution in [1.29, 1.82) is 0 Å². The van der Waals surface area contributed by atoms with Gasteiger partial charge in [-0.2, -0.15) is 0 Å². The second-order valence-electron chi connectivity index (χ2n) is 2.36. The number of rotatable bonds is 1. The lowest BCUT2D eigenvalue weighted by molar-refractivity contribution is -0.274. The van der Waals surface area contributed by atoms with E-state index < -0.39 is 23.5 Å². The first-order valence-electron chi connectivity index (χ1n) is 3.34. The van der Waals surface area contributed by atoms with E-state index in [2.05, 4.69) is 20.7 Å². The molecule has 0 heterocycles. The van der Waals surface area contributed by atoms with Crippen LogP contribution in [-0.4, -0.2) is 11.5 Å². The van der Waals surface area contributed by atoms with Gasteiger partial charge in [0.15, 0.2) is 11.5 Å². The van der Waals surface area contributed by atoms with Crippen LogP contribution in [0.1, 0.15) is 0 Å². The summed E-state index contributed by atoms with van der Waals surface area (Å²) < 4.78 is 39.1. The summed E-state index contributed by atoms with van der Waals surface area (Å²) in [7, 11) is 0. The number of halogens is 4. The molecule has 3 nitrogen and oxygen atoms in total. The van der Waals surface area contributed by atoms with E-state index in [0.29, 0.717) is 0 Å². The van der Waals surface area contributed by atoms with Crippen molar-refractivity contribution in [3.63, 3.8) is 0 Å². The van der Waals surface area contributed by atoms with Crippen LogP contribution in [0.4, 0.5) is 18.9 Å². The average Bonchev–Trinajstić information content (AvgIpc) is 2.04. The number of alkyl halides is 3. The highest BCUT2D eigenvalue weighted by Gasteiger charge is 2.32. The van der Waals surface area contributed by atoms with Crippen LogP contribution >= 0.6 is 15.9 Å². The minimum atomic E-state index is -4.83. The van der Waals surface area contributed by atoms with Gasteiger partial charge in [0.2, 0.25) is 0 Å². The van der Waals surface area contributed by atoms with E-state index in [1.807, 2.05) is 0 Å². The fourth-order valence-corrected chi connectivity index (χ4v) is 1.12. The van der Waals surface area contributed by atoms with Gasteiger partial charge >= 0.3 is 6.36 Å². The van der Waals surface area contributed by atoms with Crippen molar-refractivity contribution in [1.82, 2.24) is 0 Å². The van der Waals surface area contributed by atoms with Gasteiger partial charge in [0.1, 0.15) is 5.69 Å². The Morgan fingerprint density at radius 2 is 1.93 bits per heavy atom. The van der Waals surface area contributed by atoms with Gasteiger partial charge in [0, 0.05) is 0 Å². The molecule has 0 aromatic heterocycles. The Labute approximate surface area is 85.4 Å². The molecule has 78 valence electrons. The Morgan fingerprint density at radius 3 is 2.43 bits per heavy atom. The molecule has 0 unspecified atom stereocenters. The number of phenolic OH excluding ortho intramolecular Hbond substituents is 1. The fraction of sp³-hybridized carbons (Fsp3) is 0.143. The summed E-state index contributed by atoms with van der Waals surface area (Å²) >= 11 is 2.89. The first-order valence-corrected chi connectivity index (χ1v) is 4.13. The second-order valence-corrected chi connectivity index (χ2v) is 3.21. The molecule has 14 heavy (non-hydrogen) atoms. The van der Waals surface area contributed by atoms with E-state index in [9.17, 15) is 13.2 Å². The number of hydrogen-bond acceptors (Lipinski definition) is 3. The fourth-order valence-electron chi connectivity index (χ4n) is 0.777. The van der Waals surface area contributed by atoms with Gasteiger partial charge in [0.05, 0.1) is 4.47 Å². The molecule has 0 fully saturated rings. The van der Waals surface area contributed by atoms with Crippen LogP contribution in [-0.2, 0) is 0 Å². The van der Waals surface area contributed by atoms with Gasteiger partial charge in [-0.25, -0.2) is 0 Å². The van der Waals surface area contributed by atoms with Gasteiger partial charge in [0.25, 0.3) is 0 Å². The highest BCUT2D eigenvalue weighted by Crippen LogP contribution is 2.39. The number of hydrogen-bond donors (Lipinski definition) is 2. The third-order valence-electron chi connectivity index (χ3n) is 1.35. The molecule has 0 amide bonds. The Bertz CT molecular complexity index is 354. The lowest BCUT2D eigenvalue weighted by Gasteiger charge is -2.12. The lowest BCUT2D eigenvalue weighted by Crippen LogP contribution is -2.18. The highest BCUT2D eigenvalue weighted by atomic mass is 79.9. The first kappa shape index (κ1) is 11.0. The molecular weight excluding hydrogens is 267 g/mol. The van der Waals surface area contributed by atoms with Crippen molar-refractivity contribution in [2.75, 3.05) is 5.73 Å². The highest BCUT2D eigenvalue weighted by molar-refractivity contribution is 9.10. The summed E-state index contributed by atoms with van der Waals surface area (Å²) in [6.45, 7) is 0. The number of benzene rings is 1. The minimum Gasteiger partial charge on any atom is -0.505 e. The molecule has 0 aliphatic rings. The molecule has 0 radical (unpaired) electrons. The zero-order valence-electron chi connectivity index (χ0n) is 6.60. The van der Waals surface area contributed by atoms with Crippen molar-refractivity contribution in [2.24, 2.45) is 0 Å². The maximum atomic E-state index is 11.8. The van der Waals surface area contributed by atoms with Crippen molar-refractivity contribution < 1.29 is 23.0 Å². The standard InChI is InChI=1S/C7H5BrF3NO2/c8-3-1-2-4(5(12)6(3)13)14-7(9,10)11/h1-2,13H,12H2. The lowest BCUT2D eigenvalue weighted by atomic mass is 10.3. The number of anilines is 1. The monoisotopic (exact) mass is 271 g/mol. The predicted molar refractivity (Wildman–Crippen MR) is 46.9 cm³/mol. The van der Waals surface area contributed by atoms with E-state index in [0.717, 1.165) is 6.07 Å². The number of ether oxygens (including phenoxy) is 1. The third-order valence-corrected chi connectivity index (χ3v) is 1.99. The van der Waals surface area contributed by atoms with Gasteiger partial charge in [-0.3, -0.25) is 0 Å². The SMILES string of the molecule is Nc1c(OC(F)(F)F)ccc(Br)c1O. The first-order chi connectivity index (χ1) is 6.31. The summed E-state index contributed by atoms with van der Waals surface area (Å²) in [5.41, 5.74) is 4.72. The van der Waals surface area contributed by atoms with Crippen molar-refractivity contribution in [3.8, 4) is 11.5 Å². The molecule has 0 atom stereocenters.